The van der Waals surface area contributed by atoms with Crippen molar-refractivity contribution < 1.29 is 4.74 Å². The van der Waals surface area contributed by atoms with Gasteiger partial charge in [-0.05, 0) is 36.1 Å². The maximum atomic E-state index is 6.10. The van der Waals surface area contributed by atoms with Crippen LogP contribution in [0.25, 0.3) is 16.8 Å². The summed E-state index contributed by atoms with van der Waals surface area (Å²) in [6.07, 6.45) is 3.67. The Hall–Kier alpha value is -2.38. The summed E-state index contributed by atoms with van der Waals surface area (Å²) >= 11 is 5.03. The Bertz CT molecular complexity index is 1050. The fourth-order valence-electron chi connectivity index (χ4n) is 2.64. The summed E-state index contributed by atoms with van der Waals surface area (Å²) in [5, 5.41) is 13.6. The van der Waals surface area contributed by atoms with Gasteiger partial charge in [-0.1, -0.05) is 58.0 Å². The van der Waals surface area contributed by atoms with E-state index < -0.39 is 0 Å². The molecule has 0 amide bonds. The number of ether oxygens (including phenoxy) is 1. The largest absolute Gasteiger partial charge is 0.488 e. The Balaban J connectivity index is 1.72. The van der Waals surface area contributed by atoms with Crippen molar-refractivity contribution >= 4 is 33.2 Å². The summed E-state index contributed by atoms with van der Waals surface area (Å²) in [7, 11) is 0. The molecular formula is C19H15BrN4OS. The first-order chi connectivity index (χ1) is 12.7. The van der Waals surface area contributed by atoms with Crippen LogP contribution in [-0.4, -0.2) is 26.1 Å². The minimum absolute atomic E-state index is 0.497. The van der Waals surface area contributed by atoms with Crippen LogP contribution in [0.3, 0.4) is 0 Å². The van der Waals surface area contributed by atoms with Crippen molar-refractivity contribution in [2.45, 2.75) is 11.8 Å². The quantitative estimate of drug-likeness (QED) is 0.426. The molecule has 0 aliphatic carbocycles. The molecule has 2 heterocycles. The third-order valence-electron chi connectivity index (χ3n) is 3.89. The molecule has 0 N–H and O–H groups in total. The molecule has 2 aromatic heterocycles. The first-order valence-corrected chi connectivity index (χ1v) is 9.98. The highest BCUT2D eigenvalue weighted by Gasteiger charge is 2.13. The van der Waals surface area contributed by atoms with Gasteiger partial charge in [0.25, 0.3) is 0 Å². The van der Waals surface area contributed by atoms with Gasteiger partial charge in [-0.15, -0.1) is 5.10 Å². The van der Waals surface area contributed by atoms with Crippen LogP contribution in [0.15, 0.2) is 70.4 Å². The summed E-state index contributed by atoms with van der Waals surface area (Å²) in [4.78, 5) is 0. The molecule has 0 fully saturated rings. The molecule has 0 saturated heterocycles. The van der Waals surface area contributed by atoms with Crippen LogP contribution in [0, 0.1) is 0 Å². The summed E-state index contributed by atoms with van der Waals surface area (Å²) in [6.45, 7) is 0.497. The van der Waals surface area contributed by atoms with E-state index in [2.05, 4.69) is 26.1 Å². The third-order valence-corrected chi connectivity index (χ3v) is 5.00. The highest BCUT2D eigenvalue weighted by molar-refractivity contribution is 9.10. The second kappa shape index (κ2) is 7.47. The van der Waals surface area contributed by atoms with E-state index in [-0.39, 0.29) is 0 Å². The normalized spacial score (nSPS) is 11.0. The standard InChI is InChI=1S/C19H15BrN4OS/c1-26-19-22-21-11-15-10-17(23-24(15)19)16-8-7-14(20)9-18(16)25-12-13-5-3-2-4-6-13/h2-11H,12H2,1H3. The summed E-state index contributed by atoms with van der Waals surface area (Å²) in [5.74, 6) is 0.776. The van der Waals surface area contributed by atoms with E-state index in [1.165, 1.54) is 11.8 Å². The third kappa shape index (κ3) is 3.45. The SMILES string of the molecule is CSc1nncc2cc(-c3ccc(Br)cc3OCc3ccccc3)nn12. The molecule has 0 bridgehead atoms. The number of hydrogen-bond acceptors (Lipinski definition) is 5. The lowest BCUT2D eigenvalue weighted by atomic mass is 10.1. The molecule has 2 aromatic carbocycles. The minimum Gasteiger partial charge on any atom is -0.488 e. The van der Waals surface area contributed by atoms with E-state index in [0.717, 1.165) is 37.7 Å². The zero-order valence-corrected chi connectivity index (χ0v) is 16.4. The van der Waals surface area contributed by atoms with Crippen LogP contribution in [0.5, 0.6) is 5.75 Å². The molecule has 5 nitrogen and oxygen atoms in total. The Labute approximate surface area is 163 Å². The van der Waals surface area contributed by atoms with E-state index >= 15 is 0 Å². The van der Waals surface area contributed by atoms with Crippen LogP contribution >= 0.6 is 27.7 Å². The Morgan fingerprint density at radius 1 is 1.12 bits per heavy atom. The first-order valence-electron chi connectivity index (χ1n) is 7.97. The number of hydrogen-bond donors (Lipinski definition) is 0. The van der Waals surface area contributed by atoms with Crippen molar-refractivity contribution in [1.82, 2.24) is 19.8 Å². The molecule has 26 heavy (non-hydrogen) atoms. The summed E-state index contributed by atoms with van der Waals surface area (Å²) in [6, 6.07) is 18.1. The molecule has 4 aromatic rings. The highest BCUT2D eigenvalue weighted by atomic mass is 79.9. The molecule has 7 heteroatoms. The second-order valence-corrected chi connectivity index (χ2v) is 7.30. The molecule has 0 unspecified atom stereocenters. The number of fused-ring (bicyclic) bond motifs is 1. The molecule has 0 radical (unpaired) electrons. The van der Waals surface area contributed by atoms with Gasteiger partial charge >= 0.3 is 0 Å². The maximum absolute atomic E-state index is 6.10. The molecule has 0 aliphatic heterocycles. The zero-order valence-electron chi connectivity index (χ0n) is 14.0. The number of benzene rings is 2. The van der Waals surface area contributed by atoms with E-state index in [9.17, 15) is 0 Å². The number of aromatic nitrogens is 4. The van der Waals surface area contributed by atoms with Gasteiger partial charge in [-0.3, -0.25) is 0 Å². The lowest BCUT2D eigenvalue weighted by molar-refractivity contribution is 0.307. The second-order valence-electron chi connectivity index (χ2n) is 5.61. The predicted octanol–water partition coefficient (Wildman–Crippen LogP) is 4.85. The maximum Gasteiger partial charge on any atom is 0.210 e. The van der Waals surface area contributed by atoms with Crippen molar-refractivity contribution in [1.29, 1.82) is 0 Å². The van der Waals surface area contributed by atoms with Crippen molar-refractivity contribution in [3.05, 3.63) is 70.8 Å². The van der Waals surface area contributed by atoms with Gasteiger partial charge < -0.3 is 4.74 Å². The number of halogens is 1. The first kappa shape index (κ1) is 17.1. The fraction of sp³-hybridized carbons (Fsp3) is 0.105. The van der Waals surface area contributed by atoms with Gasteiger partial charge in [0.1, 0.15) is 12.4 Å². The topological polar surface area (TPSA) is 52.3 Å². The summed E-state index contributed by atoms with van der Waals surface area (Å²) in [5.41, 5.74) is 3.77. The van der Waals surface area contributed by atoms with Crippen LogP contribution in [0.4, 0.5) is 0 Å². The van der Waals surface area contributed by atoms with Gasteiger partial charge in [-0.2, -0.15) is 10.2 Å². The van der Waals surface area contributed by atoms with E-state index in [1.54, 1.807) is 10.7 Å². The number of thioether (sulfide) groups is 1. The molecule has 0 atom stereocenters. The van der Waals surface area contributed by atoms with Crippen molar-refractivity contribution in [3.63, 3.8) is 0 Å². The molecule has 0 aliphatic rings. The van der Waals surface area contributed by atoms with Crippen molar-refractivity contribution in [2.24, 2.45) is 0 Å². The Morgan fingerprint density at radius 2 is 1.96 bits per heavy atom. The predicted molar refractivity (Wildman–Crippen MR) is 106 cm³/mol. The van der Waals surface area contributed by atoms with E-state index in [0.29, 0.717) is 6.61 Å². The monoisotopic (exact) mass is 426 g/mol. The van der Waals surface area contributed by atoms with Crippen LogP contribution in [-0.2, 0) is 6.61 Å². The average molecular weight is 427 g/mol. The van der Waals surface area contributed by atoms with Crippen LogP contribution in [0.2, 0.25) is 0 Å². The lowest BCUT2D eigenvalue weighted by Crippen LogP contribution is -1.98. The van der Waals surface area contributed by atoms with Gasteiger partial charge in [0.15, 0.2) is 0 Å². The Kier molecular flexibility index (Phi) is 4.90. The molecule has 0 spiro atoms. The molecule has 4 rings (SSSR count). The van der Waals surface area contributed by atoms with Gasteiger partial charge in [0, 0.05) is 10.0 Å². The van der Waals surface area contributed by atoms with Gasteiger partial charge in [-0.25, -0.2) is 4.52 Å². The van der Waals surface area contributed by atoms with Crippen LogP contribution in [0.1, 0.15) is 5.56 Å². The number of rotatable bonds is 5. The smallest absolute Gasteiger partial charge is 0.210 e. The molecule has 130 valence electrons. The Morgan fingerprint density at radius 3 is 2.77 bits per heavy atom. The van der Waals surface area contributed by atoms with Gasteiger partial charge in [0.2, 0.25) is 5.16 Å². The molecular weight excluding hydrogens is 412 g/mol. The highest BCUT2D eigenvalue weighted by Crippen LogP contribution is 2.33. The van der Waals surface area contributed by atoms with Crippen molar-refractivity contribution in [2.75, 3.05) is 6.26 Å². The average Bonchev–Trinajstić information content (AvgIpc) is 3.11. The van der Waals surface area contributed by atoms with E-state index in [4.69, 9.17) is 9.84 Å². The molecule has 0 saturated carbocycles. The summed E-state index contributed by atoms with van der Waals surface area (Å²) < 4.78 is 8.86. The van der Waals surface area contributed by atoms with Gasteiger partial charge in [0.05, 0.1) is 17.4 Å². The lowest BCUT2D eigenvalue weighted by Gasteiger charge is -2.11. The fourth-order valence-corrected chi connectivity index (χ4v) is 3.43. The minimum atomic E-state index is 0.497. The zero-order chi connectivity index (χ0) is 17.9. The van der Waals surface area contributed by atoms with Crippen molar-refractivity contribution in [3.8, 4) is 17.0 Å². The van der Waals surface area contributed by atoms with Crippen LogP contribution < -0.4 is 4.74 Å². The van der Waals surface area contributed by atoms with E-state index in [1.807, 2.05) is 60.9 Å². The number of nitrogens with zero attached hydrogens (tertiary/aromatic N) is 4.